The van der Waals surface area contributed by atoms with E-state index in [1.54, 1.807) is 32.4 Å². The number of carbonyl (C=O) groups excluding carboxylic acids is 1. The highest BCUT2D eigenvalue weighted by Gasteiger charge is 2.30. The number of anilines is 1. The Morgan fingerprint density at radius 1 is 1.03 bits per heavy atom. The third-order valence-electron chi connectivity index (χ3n) is 6.77. The third-order valence-corrected chi connectivity index (χ3v) is 6.77. The van der Waals surface area contributed by atoms with Crippen LogP contribution in [0.4, 0.5) is 5.82 Å². The van der Waals surface area contributed by atoms with E-state index < -0.39 is 0 Å². The quantitative estimate of drug-likeness (QED) is 0.526. The minimum atomic E-state index is -0.0723. The molecule has 1 fully saturated rings. The molecule has 0 N–H and O–H groups in total. The standard InChI is InChI=1S/C28H32N4O4/c1-19-5-4-6-20(15-19)16-26-29-24-9-10-32(18-23(24)27(30-26)31-11-13-36-14-12-31)28(33)22-8-7-21(34-2)17-25(22)35-3/h4-8,15,17H,9-14,16,18H2,1-3H3. The first-order valence-corrected chi connectivity index (χ1v) is 12.3. The maximum atomic E-state index is 13.5. The summed E-state index contributed by atoms with van der Waals surface area (Å²) in [6.07, 6.45) is 1.36. The molecule has 1 amide bonds. The van der Waals surface area contributed by atoms with Gasteiger partial charge in [-0.25, -0.2) is 9.97 Å². The number of nitrogens with zero attached hydrogens (tertiary/aromatic N) is 4. The van der Waals surface area contributed by atoms with Crippen LogP contribution in [0.3, 0.4) is 0 Å². The van der Waals surface area contributed by atoms with E-state index in [-0.39, 0.29) is 5.91 Å². The third kappa shape index (κ3) is 4.99. The second-order valence-corrected chi connectivity index (χ2v) is 9.20. The van der Waals surface area contributed by atoms with Gasteiger partial charge in [0.05, 0.1) is 45.2 Å². The predicted molar refractivity (Wildman–Crippen MR) is 137 cm³/mol. The number of amides is 1. The zero-order valence-electron chi connectivity index (χ0n) is 21.1. The van der Waals surface area contributed by atoms with Crippen molar-refractivity contribution in [3.8, 4) is 11.5 Å². The SMILES string of the molecule is COc1ccc(C(=O)N2CCc3nc(Cc4cccc(C)c4)nc(N4CCOCC4)c3C2)c(OC)c1. The van der Waals surface area contributed by atoms with E-state index >= 15 is 0 Å². The summed E-state index contributed by atoms with van der Waals surface area (Å²) in [6.45, 7) is 6.02. The fourth-order valence-electron chi connectivity index (χ4n) is 4.89. The molecule has 0 spiro atoms. The van der Waals surface area contributed by atoms with Crippen molar-refractivity contribution in [3.63, 3.8) is 0 Å². The maximum Gasteiger partial charge on any atom is 0.257 e. The number of benzene rings is 2. The molecule has 0 radical (unpaired) electrons. The minimum Gasteiger partial charge on any atom is -0.497 e. The van der Waals surface area contributed by atoms with Gasteiger partial charge in [0.2, 0.25) is 0 Å². The highest BCUT2D eigenvalue weighted by molar-refractivity contribution is 5.97. The molecular formula is C28H32N4O4. The van der Waals surface area contributed by atoms with Gasteiger partial charge >= 0.3 is 0 Å². The van der Waals surface area contributed by atoms with Crippen LogP contribution in [0.25, 0.3) is 0 Å². The van der Waals surface area contributed by atoms with Crippen LogP contribution >= 0.6 is 0 Å². The van der Waals surface area contributed by atoms with E-state index in [4.69, 9.17) is 24.2 Å². The zero-order chi connectivity index (χ0) is 25.1. The number of fused-ring (bicyclic) bond motifs is 1. The van der Waals surface area contributed by atoms with Crippen molar-refractivity contribution >= 4 is 11.7 Å². The summed E-state index contributed by atoms with van der Waals surface area (Å²) in [7, 11) is 3.16. The van der Waals surface area contributed by atoms with Crippen LogP contribution in [0.1, 0.15) is 38.6 Å². The van der Waals surface area contributed by atoms with Gasteiger partial charge in [0.15, 0.2) is 0 Å². The van der Waals surface area contributed by atoms with E-state index in [9.17, 15) is 4.79 Å². The molecule has 8 nitrogen and oxygen atoms in total. The molecule has 188 valence electrons. The summed E-state index contributed by atoms with van der Waals surface area (Å²) >= 11 is 0. The molecule has 2 aliphatic heterocycles. The van der Waals surface area contributed by atoms with Crippen LogP contribution in [0.2, 0.25) is 0 Å². The lowest BCUT2D eigenvalue weighted by Crippen LogP contribution is -2.41. The largest absolute Gasteiger partial charge is 0.497 e. The van der Waals surface area contributed by atoms with E-state index in [1.807, 2.05) is 4.90 Å². The molecule has 0 bridgehead atoms. The summed E-state index contributed by atoms with van der Waals surface area (Å²) in [5.74, 6) is 2.82. The molecular weight excluding hydrogens is 456 g/mol. The van der Waals surface area contributed by atoms with Gasteiger partial charge < -0.3 is 24.0 Å². The smallest absolute Gasteiger partial charge is 0.257 e. The van der Waals surface area contributed by atoms with E-state index in [2.05, 4.69) is 36.1 Å². The van der Waals surface area contributed by atoms with Gasteiger partial charge in [0, 0.05) is 44.1 Å². The van der Waals surface area contributed by atoms with Crippen LogP contribution in [-0.4, -0.2) is 67.8 Å². The van der Waals surface area contributed by atoms with Crippen LogP contribution in [0.15, 0.2) is 42.5 Å². The summed E-state index contributed by atoms with van der Waals surface area (Å²) in [6, 6.07) is 13.8. The number of aromatic nitrogens is 2. The first-order chi connectivity index (χ1) is 17.6. The second kappa shape index (κ2) is 10.5. The van der Waals surface area contributed by atoms with E-state index in [1.165, 1.54) is 11.1 Å². The lowest BCUT2D eigenvalue weighted by molar-refractivity contribution is 0.0729. The summed E-state index contributed by atoms with van der Waals surface area (Å²) in [5.41, 5.74) is 4.99. The average Bonchev–Trinajstić information content (AvgIpc) is 2.92. The van der Waals surface area contributed by atoms with Crippen LogP contribution in [-0.2, 0) is 24.1 Å². The summed E-state index contributed by atoms with van der Waals surface area (Å²) < 4.78 is 16.4. The molecule has 3 aromatic rings. The van der Waals surface area contributed by atoms with E-state index in [0.29, 0.717) is 56.2 Å². The van der Waals surface area contributed by atoms with Crippen molar-refractivity contribution in [2.75, 3.05) is 52.0 Å². The number of methoxy groups -OCH3 is 2. The maximum absolute atomic E-state index is 13.5. The fraction of sp³-hybridized carbons (Fsp3) is 0.393. The van der Waals surface area contributed by atoms with Gasteiger partial charge in [-0.3, -0.25) is 4.79 Å². The van der Waals surface area contributed by atoms with Crippen molar-refractivity contribution in [2.24, 2.45) is 0 Å². The van der Waals surface area contributed by atoms with Gasteiger partial charge in [-0.1, -0.05) is 29.8 Å². The van der Waals surface area contributed by atoms with Crippen molar-refractivity contribution < 1.29 is 19.0 Å². The van der Waals surface area contributed by atoms with Gasteiger partial charge in [-0.2, -0.15) is 0 Å². The van der Waals surface area contributed by atoms with Crippen LogP contribution in [0.5, 0.6) is 11.5 Å². The molecule has 1 saturated heterocycles. The molecule has 3 heterocycles. The Morgan fingerprint density at radius 2 is 1.86 bits per heavy atom. The Hall–Kier alpha value is -3.65. The Labute approximate surface area is 211 Å². The number of rotatable bonds is 6. The number of morpholine rings is 1. The van der Waals surface area contributed by atoms with Crippen molar-refractivity contribution in [1.82, 2.24) is 14.9 Å². The number of aryl methyl sites for hydroxylation is 1. The Balaban J connectivity index is 1.47. The van der Waals surface area contributed by atoms with Crippen molar-refractivity contribution in [3.05, 3.63) is 76.2 Å². The van der Waals surface area contributed by atoms with Crippen LogP contribution < -0.4 is 14.4 Å². The lowest BCUT2D eigenvalue weighted by Gasteiger charge is -2.34. The minimum absolute atomic E-state index is 0.0723. The van der Waals surface area contributed by atoms with Gasteiger partial charge in [-0.05, 0) is 24.6 Å². The topological polar surface area (TPSA) is 77.0 Å². The highest BCUT2D eigenvalue weighted by Crippen LogP contribution is 2.31. The number of ether oxygens (including phenoxy) is 3. The Bertz CT molecular complexity index is 1260. The van der Waals surface area contributed by atoms with Gasteiger partial charge in [0.25, 0.3) is 5.91 Å². The molecule has 0 saturated carbocycles. The molecule has 2 aromatic carbocycles. The van der Waals surface area contributed by atoms with Crippen molar-refractivity contribution in [2.45, 2.75) is 26.3 Å². The zero-order valence-corrected chi connectivity index (χ0v) is 21.1. The first-order valence-electron chi connectivity index (χ1n) is 12.3. The molecule has 5 rings (SSSR count). The molecule has 8 heteroatoms. The molecule has 0 atom stereocenters. The Kier molecular flexibility index (Phi) is 7.04. The van der Waals surface area contributed by atoms with Gasteiger partial charge in [0.1, 0.15) is 23.1 Å². The second-order valence-electron chi connectivity index (χ2n) is 9.20. The number of hydrogen-bond donors (Lipinski definition) is 0. The molecule has 1 aromatic heterocycles. The molecule has 36 heavy (non-hydrogen) atoms. The predicted octanol–water partition coefficient (Wildman–Crippen LogP) is 3.43. The first kappa shape index (κ1) is 24.1. The monoisotopic (exact) mass is 488 g/mol. The van der Waals surface area contributed by atoms with Crippen molar-refractivity contribution in [1.29, 1.82) is 0 Å². The molecule has 2 aliphatic rings. The highest BCUT2D eigenvalue weighted by atomic mass is 16.5. The Morgan fingerprint density at radius 3 is 2.61 bits per heavy atom. The van der Waals surface area contributed by atoms with Crippen LogP contribution in [0, 0.1) is 6.92 Å². The number of hydrogen-bond acceptors (Lipinski definition) is 7. The van der Waals surface area contributed by atoms with E-state index in [0.717, 1.165) is 36.0 Å². The molecule has 0 unspecified atom stereocenters. The van der Waals surface area contributed by atoms with Gasteiger partial charge in [-0.15, -0.1) is 0 Å². The fourth-order valence-corrected chi connectivity index (χ4v) is 4.89. The summed E-state index contributed by atoms with van der Waals surface area (Å²) in [5, 5.41) is 0. The lowest BCUT2D eigenvalue weighted by atomic mass is 10.0. The molecule has 0 aliphatic carbocycles. The number of carbonyl (C=O) groups is 1. The summed E-state index contributed by atoms with van der Waals surface area (Å²) in [4.78, 5) is 27.7. The average molecular weight is 489 g/mol. The normalized spacial score (nSPS) is 15.4.